The van der Waals surface area contributed by atoms with E-state index in [1.54, 1.807) is 12.4 Å². The molecule has 2 amide bonds. The Hall–Kier alpha value is -3.87. The van der Waals surface area contributed by atoms with Gasteiger partial charge >= 0.3 is 0 Å². The van der Waals surface area contributed by atoms with Crippen molar-refractivity contribution >= 4 is 11.8 Å². The SMILES string of the molecule is CCOc1cc2c(cc1OCC)[C@H]1[C@H](C(=O)NCc3cccnc3)c3ccccc3C(=O)N1CC2. The number of amides is 2. The van der Waals surface area contributed by atoms with Crippen LogP contribution < -0.4 is 14.8 Å². The van der Waals surface area contributed by atoms with Crippen LogP contribution in [0.2, 0.25) is 0 Å². The lowest BCUT2D eigenvalue weighted by Crippen LogP contribution is -2.50. The Morgan fingerprint density at radius 3 is 2.57 bits per heavy atom. The minimum atomic E-state index is -0.549. The van der Waals surface area contributed by atoms with E-state index in [4.69, 9.17) is 9.47 Å². The zero-order valence-corrected chi connectivity index (χ0v) is 20.0. The highest BCUT2D eigenvalue weighted by Gasteiger charge is 2.46. The number of benzene rings is 2. The number of hydrogen-bond acceptors (Lipinski definition) is 5. The molecule has 35 heavy (non-hydrogen) atoms. The van der Waals surface area contributed by atoms with Crippen LogP contribution in [0.4, 0.5) is 0 Å². The van der Waals surface area contributed by atoms with Gasteiger partial charge in [-0.15, -0.1) is 0 Å². The fourth-order valence-corrected chi connectivity index (χ4v) is 5.16. The molecule has 2 aliphatic rings. The summed E-state index contributed by atoms with van der Waals surface area (Å²) >= 11 is 0. The van der Waals surface area contributed by atoms with Crippen molar-refractivity contribution in [2.75, 3.05) is 19.8 Å². The molecule has 2 aromatic carbocycles. The first-order chi connectivity index (χ1) is 17.1. The molecule has 0 fully saturated rings. The largest absolute Gasteiger partial charge is 0.490 e. The van der Waals surface area contributed by atoms with Gasteiger partial charge in [0, 0.05) is 31.0 Å². The average Bonchev–Trinajstić information content (AvgIpc) is 2.89. The Bertz CT molecular complexity index is 1240. The molecule has 0 bridgehead atoms. The van der Waals surface area contributed by atoms with Crippen molar-refractivity contribution in [3.05, 3.63) is 88.7 Å². The predicted octanol–water partition coefficient (Wildman–Crippen LogP) is 4.03. The molecule has 0 radical (unpaired) electrons. The molecule has 2 aliphatic heterocycles. The Morgan fingerprint density at radius 2 is 1.83 bits per heavy atom. The number of pyridine rings is 1. The van der Waals surface area contributed by atoms with E-state index >= 15 is 0 Å². The maximum atomic E-state index is 13.8. The third-order valence-corrected chi connectivity index (χ3v) is 6.66. The monoisotopic (exact) mass is 471 g/mol. The third-order valence-electron chi connectivity index (χ3n) is 6.66. The third kappa shape index (κ3) is 4.22. The number of fused-ring (bicyclic) bond motifs is 4. The van der Waals surface area contributed by atoms with Crippen LogP contribution in [0.15, 0.2) is 60.9 Å². The van der Waals surface area contributed by atoms with Gasteiger partial charge in [-0.3, -0.25) is 14.6 Å². The van der Waals surface area contributed by atoms with Crippen LogP contribution >= 0.6 is 0 Å². The molecule has 0 saturated carbocycles. The topological polar surface area (TPSA) is 80.8 Å². The first kappa shape index (κ1) is 22.9. The summed E-state index contributed by atoms with van der Waals surface area (Å²) in [6.45, 7) is 5.79. The number of rotatable bonds is 7. The second kappa shape index (κ2) is 9.78. The summed E-state index contributed by atoms with van der Waals surface area (Å²) in [5.74, 6) is 0.618. The summed E-state index contributed by atoms with van der Waals surface area (Å²) in [4.78, 5) is 33.3. The zero-order valence-electron chi connectivity index (χ0n) is 20.0. The van der Waals surface area contributed by atoms with Crippen molar-refractivity contribution in [1.29, 1.82) is 0 Å². The van der Waals surface area contributed by atoms with E-state index in [0.717, 1.165) is 22.3 Å². The van der Waals surface area contributed by atoms with Crippen LogP contribution in [0, 0.1) is 0 Å². The quantitative estimate of drug-likeness (QED) is 0.563. The van der Waals surface area contributed by atoms with Crippen molar-refractivity contribution < 1.29 is 19.1 Å². The van der Waals surface area contributed by atoms with Crippen molar-refractivity contribution in [1.82, 2.24) is 15.2 Å². The standard InChI is InChI=1S/C28H29N3O4/c1-3-34-23-14-19-11-13-31-26(22(19)15-24(23)35-4-2)25(20-9-5-6-10-21(20)28(31)33)27(32)30-17-18-8-7-12-29-16-18/h5-10,12,14-16,25-26H,3-4,11,13,17H2,1-2H3,(H,30,32)/t25-,26+/m1/s1. The van der Waals surface area contributed by atoms with E-state index in [2.05, 4.69) is 10.3 Å². The van der Waals surface area contributed by atoms with Crippen molar-refractivity contribution in [3.8, 4) is 11.5 Å². The summed E-state index contributed by atoms with van der Waals surface area (Å²) < 4.78 is 11.7. The first-order valence-corrected chi connectivity index (χ1v) is 12.1. The predicted molar refractivity (Wildman–Crippen MR) is 132 cm³/mol. The van der Waals surface area contributed by atoms with Crippen LogP contribution in [-0.4, -0.2) is 41.5 Å². The number of carbonyl (C=O) groups is 2. The molecule has 3 heterocycles. The van der Waals surface area contributed by atoms with Gasteiger partial charge in [-0.05, 0) is 66.8 Å². The van der Waals surface area contributed by atoms with E-state index in [1.807, 2.05) is 67.3 Å². The molecule has 0 aliphatic carbocycles. The van der Waals surface area contributed by atoms with Crippen LogP contribution in [0.3, 0.4) is 0 Å². The minimum Gasteiger partial charge on any atom is -0.490 e. The molecule has 3 aromatic rings. The average molecular weight is 472 g/mol. The highest BCUT2D eigenvalue weighted by Crippen LogP contribution is 2.48. The van der Waals surface area contributed by atoms with Crippen molar-refractivity contribution in [2.45, 2.75) is 38.8 Å². The Labute approximate surface area is 205 Å². The summed E-state index contributed by atoms with van der Waals surface area (Å²) in [5.41, 5.74) is 4.27. The van der Waals surface area contributed by atoms with Gasteiger partial charge in [-0.2, -0.15) is 0 Å². The number of hydrogen-bond donors (Lipinski definition) is 1. The summed E-state index contributed by atoms with van der Waals surface area (Å²) in [5, 5.41) is 3.09. The lowest BCUT2D eigenvalue weighted by molar-refractivity contribution is -0.124. The second-order valence-corrected chi connectivity index (χ2v) is 8.70. The summed E-state index contributed by atoms with van der Waals surface area (Å²) in [6.07, 6.45) is 4.14. The lowest BCUT2D eigenvalue weighted by atomic mass is 9.75. The maximum Gasteiger partial charge on any atom is 0.254 e. The van der Waals surface area contributed by atoms with Gasteiger partial charge in [0.05, 0.1) is 25.2 Å². The van der Waals surface area contributed by atoms with E-state index in [9.17, 15) is 9.59 Å². The number of aromatic nitrogens is 1. The molecular formula is C28H29N3O4. The van der Waals surface area contributed by atoms with E-state index < -0.39 is 12.0 Å². The van der Waals surface area contributed by atoms with Gasteiger partial charge in [0.1, 0.15) is 0 Å². The summed E-state index contributed by atoms with van der Waals surface area (Å²) in [7, 11) is 0. The smallest absolute Gasteiger partial charge is 0.254 e. The van der Waals surface area contributed by atoms with Crippen molar-refractivity contribution in [2.24, 2.45) is 0 Å². The molecular weight excluding hydrogens is 442 g/mol. The molecule has 0 spiro atoms. The molecule has 0 unspecified atom stereocenters. The Morgan fingerprint density at radius 1 is 1.06 bits per heavy atom. The Kier molecular flexibility index (Phi) is 6.40. The highest BCUT2D eigenvalue weighted by atomic mass is 16.5. The van der Waals surface area contributed by atoms with Gasteiger partial charge in [0.2, 0.25) is 5.91 Å². The molecule has 2 atom stereocenters. The van der Waals surface area contributed by atoms with Gasteiger partial charge in [0.25, 0.3) is 5.91 Å². The molecule has 180 valence electrons. The zero-order chi connectivity index (χ0) is 24.4. The number of nitrogens with zero attached hydrogens (tertiary/aromatic N) is 2. The van der Waals surface area contributed by atoms with Gasteiger partial charge in [-0.25, -0.2) is 0 Å². The molecule has 1 N–H and O–H groups in total. The molecule has 5 rings (SSSR count). The lowest BCUT2D eigenvalue weighted by Gasteiger charge is -2.45. The highest BCUT2D eigenvalue weighted by molar-refractivity contribution is 6.01. The molecule has 1 aromatic heterocycles. The van der Waals surface area contributed by atoms with Gasteiger partial charge in [-0.1, -0.05) is 24.3 Å². The fraction of sp³-hybridized carbons (Fsp3) is 0.321. The fourth-order valence-electron chi connectivity index (χ4n) is 5.16. The van der Waals surface area contributed by atoms with Crippen LogP contribution in [0.1, 0.15) is 58.4 Å². The van der Waals surface area contributed by atoms with E-state index in [0.29, 0.717) is 49.8 Å². The number of carbonyl (C=O) groups excluding carboxylic acids is 2. The normalized spacial score (nSPS) is 18.2. The number of nitrogens with one attached hydrogen (secondary N) is 1. The van der Waals surface area contributed by atoms with E-state index in [1.165, 1.54) is 0 Å². The number of ether oxygens (including phenoxy) is 2. The van der Waals surface area contributed by atoms with Gasteiger partial charge < -0.3 is 19.7 Å². The van der Waals surface area contributed by atoms with Crippen LogP contribution in [0.25, 0.3) is 0 Å². The Balaban J connectivity index is 1.59. The molecule has 7 nitrogen and oxygen atoms in total. The molecule has 7 heteroatoms. The van der Waals surface area contributed by atoms with Gasteiger partial charge in [0.15, 0.2) is 11.5 Å². The van der Waals surface area contributed by atoms with Crippen LogP contribution in [-0.2, 0) is 17.8 Å². The van der Waals surface area contributed by atoms with E-state index in [-0.39, 0.29) is 11.8 Å². The maximum absolute atomic E-state index is 13.8. The van der Waals surface area contributed by atoms with Crippen molar-refractivity contribution in [3.63, 3.8) is 0 Å². The minimum absolute atomic E-state index is 0.0422. The van der Waals surface area contributed by atoms with Crippen LogP contribution in [0.5, 0.6) is 11.5 Å². The summed E-state index contributed by atoms with van der Waals surface area (Å²) in [6, 6.07) is 14.8. The molecule has 0 saturated heterocycles. The first-order valence-electron chi connectivity index (χ1n) is 12.1. The second-order valence-electron chi connectivity index (χ2n) is 8.70.